The van der Waals surface area contributed by atoms with Gasteiger partial charge in [0, 0.05) is 21.9 Å². The number of aryl methyl sites for hydroxylation is 2. The van der Waals surface area contributed by atoms with Gasteiger partial charge in [-0.15, -0.1) is 11.8 Å². The molecule has 0 fully saturated rings. The maximum Gasteiger partial charge on any atom is 0.256 e. The smallest absolute Gasteiger partial charge is 0.256 e. The topological polar surface area (TPSA) is 64.4 Å². The Labute approximate surface area is 156 Å². The summed E-state index contributed by atoms with van der Waals surface area (Å²) in [6.07, 6.45) is 0. The normalized spacial score (nSPS) is 10.6. The zero-order chi connectivity index (χ0) is 18.5. The van der Waals surface area contributed by atoms with Crippen LogP contribution in [0, 0.1) is 13.8 Å². The van der Waals surface area contributed by atoms with E-state index < -0.39 is 0 Å². The molecule has 0 saturated heterocycles. The third-order valence-corrected chi connectivity index (χ3v) is 5.13. The zero-order valence-corrected chi connectivity index (χ0v) is 15.7. The van der Waals surface area contributed by atoms with Crippen LogP contribution in [0.5, 0.6) is 5.75 Å². The second-order valence-electron chi connectivity index (χ2n) is 5.77. The molecular formula is C20H20N2O3S. The standard InChI is InChI=1S/C20H20N2O3S/c1-13-18(14(2)25-22-13)12-26-19-7-5-4-6-17(19)20(23)21-15-8-10-16(24-3)11-9-15/h4-11H,12H2,1-3H3,(H,21,23). The fourth-order valence-corrected chi connectivity index (χ4v) is 3.71. The number of nitrogens with one attached hydrogen (secondary N) is 1. The SMILES string of the molecule is COc1ccc(NC(=O)c2ccccc2SCc2c(C)noc2C)cc1. The number of methoxy groups -OCH3 is 1. The number of ether oxygens (including phenoxy) is 1. The van der Waals surface area contributed by atoms with Gasteiger partial charge in [-0.3, -0.25) is 4.79 Å². The predicted molar refractivity (Wildman–Crippen MR) is 103 cm³/mol. The van der Waals surface area contributed by atoms with Crippen molar-refractivity contribution in [2.45, 2.75) is 24.5 Å². The van der Waals surface area contributed by atoms with Crippen LogP contribution in [0.25, 0.3) is 0 Å². The van der Waals surface area contributed by atoms with Crippen molar-refractivity contribution in [1.29, 1.82) is 0 Å². The summed E-state index contributed by atoms with van der Waals surface area (Å²) in [5.41, 5.74) is 3.32. The van der Waals surface area contributed by atoms with E-state index in [1.807, 2.05) is 62.4 Å². The quantitative estimate of drug-likeness (QED) is 0.631. The first-order valence-corrected chi connectivity index (χ1v) is 9.16. The monoisotopic (exact) mass is 368 g/mol. The Morgan fingerprint density at radius 1 is 1.15 bits per heavy atom. The lowest BCUT2D eigenvalue weighted by molar-refractivity contribution is 0.102. The van der Waals surface area contributed by atoms with Gasteiger partial charge in [-0.25, -0.2) is 0 Å². The number of hydrogen-bond acceptors (Lipinski definition) is 5. The molecule has 0 saturated carbocycles. The van der Waals surface area contributed by atoms with Crippen molar-refractivity contribution in [2.75, 3.05) is 12.4 Å². The average molecular weight is 368 g/mol. The van der Waals surface area contributed by atoms with Gasteiger partial charge in [0.1, 0.15) is 11.5 Å². The molecule has 0 unspecified atom stereocenters. The number of thioether (sulfide) groups is 1. The second-order valence-corrected chi connectivity index (χ2v) is 6.79. The molecule has 1 amide bonds. The molecule has 0 aliphatic carbocycles. The number of rotatable bonds is 6. The predicted octanol–water partition coefficient (Wildman–Crippen LogP) is 4.84. The molecule has 0 aliphatic heterocycles. The van der Waals surface area contributed by atoms with Crippen molar-refractivity contribution in [3.05, 3.63) is 71.1 Å². The molecule has 0 spiro atoms. The Bertz CT molecular complexity index is 884. The van der Waals surface area contributed by atoms with Crippen LogP contribution < -0.4 is 10.1 Å². The number of anilines is 1. The minimum Gasteiger partial charge on any atom is -0.497 e. The van der Waals surface area contributed by atoms with Crippen LogP contribution in [0.3, 0.4) is 0 Å². The maximum absolute atomic E-state index is 12.7. The highest BCUT2D eigenvalue weighted by molar-refractivity contribution is 7.98. The van der Waals surface area contributed by atoms with E-state index in [0.717, 1.165) is 33.4 Å². The lowest BCUT2D eigenvalue weighted by Gasteiger charge is -2.10. The van der Waals surface area contributed by atoms with Crippen molar-refractivity contribution in [1.82, 2.24) is 5.16 Å². The number of nitrogens with zero attached hydrogens (tertiary/aromatic N) is 1. The number of amides is 1. The van der Waals surface area contributed by atoms with E-state index in [1.165, 1.54) is 0 Å². The molecule has 5 nitrogen and oxygen atoms in total. The third-order valence-electron chi connectivity index (χ3n) is 4.03. The summed E-state index contributed by atoms with van der Waals surface area (Å²) in [7, 11) is 1.61. The van der Waals surface area contributed by atoms with Crippen LogP contribution in [-0.4, -0.2) is 18.2 Å². The highest BCUT2D eigenvalue weighted by Gasteiger charge is 2.14. The Hall–Kier alpha value is -2.73. The molecule has 1 aromatic heterocycles. The summed E-state index contributed by atoms with van der Waals surface area (Å²) in [6.45, 7) is 3.83. The van der Waals surface area contributed by atoms with Crippen molar-refractivity contribution in [3.8, 4) is 5.75 Å². The molecule has 6 heteroatoms. The Balaban J connectivity index is 1.74. The molecule has 1 N–H and O–H groups in total. The van der Waals surface area contributed by atoms with Crippen molar-refractivity contribution >= 4 is 23.4 Å². The van der Waals surface area contributed by atoms with Crippen LogP contribution >= 0.6 is 11.8 Å². The Morgan fingerprint density at radius 2 is 1.88 bits per heavy atom. The molecule has 3 rings (SSSR count). The molecule has 26 heavy (non-hydrogen) atoms. The highest BCUT2D eigenvalue weighted by Crippen LogP contribution is 2.29. The second kappa shape index (κ2) is 8.10. The number of hydrogen-bond donors (Lipinski definition) is 1. The first-order chi connectivity index (χ1) is 12.6. The van der Waals surface area contributed by atoms with Gasteiger partial charge in [0.15, 0.2) is 0 Å². The van der Waals surface area contributed by atoms with Gasteiger partial charge in [-0.2, -0.15) is 0 Å². The van der Waals surface area contributed by atoms with E-state index in [0.29, 0.717) is 11.3 Å². The Morgan fingerprint density at radius 3 is 2.54 bits per heavy atom. The fraction of sp³-hybridized carbons (Fsp3) is 0.200. The Kier molecular flexibility index (Phi) is 5.63. The van der Waals surface area contributed by atoms with Crippen LogP contribution in [0.2, 0.25) is 0 Å². The molecular weight excluding hydrogens is 348 g/mol. The molecule has 3 aromatic rings. The number of carbonyl (C=O) groups excluding carboxylic acids is 1. The lowest BCUT2D eigenvalue weighted by Crippen LogP contribution is -2.12. The molecule has 0 atom stereocenters. The zero-order valence-electron chi connectivity index (χ0n) is 14.9. The van der Waals surface area contributed by atoms with Crippen LogP contribution in [0.1, 0.15) is 27.4 Å². The summed E-state index contributed by atoms with van der Waals surface area (Å²) < 4.78 is 10.3. The minimum absolute atomic E-state index is 0.142. The average Bonchev–Trinajstić information content (AvgIpc) is 2.98. The highest BCUT2D eigenvalue weighted by atomic mass is 32.2. The molecule has 2 aromatic carbocycles. The van der Waals surface area contributed by atoms with Crippen molar-refractivity contribution in [2.24, 2.45) is 0 Å². The summed E-state index contributed by atoms with van der Waals surface area (Å²) in [5, 5.41) is 6.91. The lowest BCUT2D eigenvalue weighted by atomic mass is 10.2. The summed E-state index contributed by atoms with van der Waals surface area (Å²) >= 11 is 1.60. The first-order valence-electron chi connectivity index (χ1n) is 8.17. The van der Waals surface area contributed by atoms with Gasteiger partial charge in [0.25, 0.3) is 5.91 Å². The van der Waals surface area contributed by atoms with Crippen LogP contribution in [-0.2, 0) is 5.75 Å². The van der Waals surface area contributed by atoms with Gasteiger partial charge in [-0.05, 0) is 50.2 Å². The van der Waals surface area contributed by atoms with Crippen molar-refractivity contribution in [3.63, 3.8) is 0 Å². The molecule has 0 aliphatic rings. The van der Waals surface area contributed by atoms with Crippen LogP contribution in [0.15, 0.2) is 57.9 Å². The number of carbonyl (C=O) groups is 1. The van der Waals surface area contributed by atoms with Gasteiger partial charge in [0.2, 0.25) is 0 Å². The largest absolute Gasteiger partial charge is 0.497 e. The molecule has 0 radical (unpaired) electrons. The third kappa shape index (κ3) is 4.08. The van der Waals surface area contributed by atoms with Crippen LogP contribution in [0.4, 0.5) is 5.69 Å². The first kappa shape index (κ1) is 18.1. The maximum atomic E-state index is 12.7. The fourth-order valence-electron chi connectivity index (χ4n) is 2.51. The van der Waals surface area contributed by atoms with E-state index in [-0.39, 0.29) is 5.91 Å². The van der Waals surface area contributed by atoms with Gasteiger partial charge >= 0.3 is 0 Å². The number of benzene rings is 2. The number of aromatic nitrogens is 1. The summed E-state index contributed by atoms with van der Waals surface area (Å²) in [4.78, 5) is 13.6. The van der Waals surface area contributed by atoms with E-state index in [1.54, 1.807) is 18.9 Å². The van der Waals surface area contributed by atoms with Gasteiger partial charge in [-0.1, -0.05) is 17.3 Å². The van der Waals surface area contributed by atoms with Gasteiger partial charge in [0.05, 0.1) is 18.4 Å². The molecule has 1 heterocycles. The van der Waals surface area contributed by atoms with E-state index in [4.69, 9.17) is 9.26 Å². The summed E-state index contributed by atoms with van der Waals surface area (Å²) in [5.74, 6) is 2.12. The molecule has 0 bridgehead atoms. The minimum atomic E-state index is -0.142. The van der Waals surface area contributed by atoms with Crippen molar-refractivity contribution < 1.29 is 14.1 Å². The van der Waals surface area contributed by atoms with E-state index in [2.05, 4.69) is 10.5 Å². The molecule has 134 valence electrons. The van der Waals surface area contributed by atoms with E-state index in [9.17, 15) is 4.79 Å². The van der Waals surface area contributed by atoms with Gasteiger partial charge < -0.3 is 14.6 Å². The van der Waals surface area contributed by atoms with E-state index >= 15 is 0 Å². The summed E-state index contributed by atoms with van der Waals surface area (Å²) in [6, 6.07) is 14.8.